The zero-order valence-electron chi connectivity index (χ0n) is 13.5. The van der Waals surface area contributed by atoms with Crippen LogP contribution in [0.15, 0.2) is 24.3 Å². The van der Waals surface area contributed by atoms with Crippen LogP contribution in [0.4, 0.5) is 0 Å². The van der Waals surface area contributed by atoms with Crippen LogP contribution in [0.5, 0.6) is 0 Å². The second kappa shape index (κ2) is 8.62. The van der Waals surface area contributed by atoms with Gasteiger partial charge in [-0.05, 0) is 43.7 Å². The molecule has 0 fully saturated rings. The number of rotatable bonds is 10. The number of hydrogen-bond acceptors (Lipinski definition) is 1. The number of H-pyrrole nitrogens is 1. The van der Waals surface area contributed by atoms with E-state index in [2.05, 4.69) is 36.2 Å². The summed E-state index contributed by atoms with van der Waals surface area (Å²) >= 11 is 0. The SMILES string of the molecule is CCCCCCc1[nH]c2ccccc2c1CCCCC(=O)O. The highest BCUT2D eigenvalue weighted by Crippen LogP contribution is 2.25. The van der Waals surface area contributed by atoms with Crippen molar-refractivity contribution in [1.82, 2.24) is 4.98 Å². The topological polar surface area (TPSA) is 53.1 Å². The first-order chi connectivity index (χ1) is 10.7. The Morgan fingerprint density at radius 3 is 2.59 bits per heavy atom. The molecular formula is C19H27NO2. The van der Waals surface area contributed by atoms with Crippen molar-refractivity contribution in [3.63, 3.8) is 0 Å². The number of carbonyl (C=O) groups is 1. The molecule has 0 aliphatic rings. The Hall–Kier alpha value is -1.77. The van der Waals surface area contributed by atoms with E-state index in [1.165, 1.54) is 47.8 Å². The van der Waals surface area contributed by atoms with Crippen LogP contribution in [0.2, 0.25) is 0 Å². The summed E-state index contributed by atoms with van der Waals surface area (Å²) in [7, 11) is 0. The summed E-state index contributed by atoms with van der Waals surface area (Å²) in [5, 5.41) is 10.1. The van der Waals surface area contributed by atoms with Crippen molar-refractivity contribution in [2.24, 2.45) is 0 Å². The maximum absolute atomic E-state index is 10.6. The number of carboxylic acids is 1. The summed E-state index contributed by atoms with van der Waals surface area (Å²) in [4.78, 5) is 14.2. The lowest BCUT2D eigenvalue weighted by molar-refractivity contribution is -0.137. The number of carboxylic acid groups (broad SMARTS) is 1. The number of unbranched alkanes of at least 4 members (excludes halogenated alkanes) is 4. The Labute approximate surface area is 132 Å². The second-order valence-electron chi connectivity index (χ2n) is 6.04. The molecule has 1 aromatic heterocycles. The molecule has 0 atom stereocenters. The molecule has 0 radical (unpaired) electrons. The van der Waals surface area contributed by atoms with Crippen molar-refractivity contribution in [2.75, 3.05) is 0 Å². The van der Waals surface area contributed by atoms with E-state index in [9.17, 15) is 4.79 Å². The maximum Gasteiger partial charge on any atom is 0.303 e. The zero-order valence-corrected chi connectivity index (χ0v) is 13.5. The third-order valence-electron chi connectivity index (χ3n) is 4.25. The van der Waals surface area contributed by atoms with Crippen molar-refractivity contribution in [3.8, 4) is 0 Å². The Bertz CT molecular complexity index is 601. The van der Waals surface area contributed by atoms with Crippen LogP contribution < -0.4 is 0 Å². The molecule has 2 aromatic rings. The molecule has 0 bridgehead atoms. The van der Waals surface area contributed by atoms with E-state index in [1.54, 1.807) is 0 Å². The van der Waals surface area contributed by atoms with Gasteiger partial charge in [0.2, 0.25) is 0 Å². The van der Waals surface area contributed by atoms with E-state index in [-0.39, 0.29) is 6.42 Å². The average Bonchev–Trinajstić information content (AvgIpc) is 2.86. The monoisotopic (exact) mass is 301 g/mol. The summed E-state index contributed by atoms with van der Waals surface area (Å²) < 4.78 is 0. The first-order valence-electron chi connectivity index (χ1n) is 8.52. The standard InChI is InChI=1S/C19H27NO2/c1-2-3-4-5-12-17-16(11-7-9-14-19(21)22)15-10-6-8-13-18(15)20-17/h6,8,10,13,20H,2-5,7,9,11-12,14H2,1H3,(H,21,22). The number of aryl methyl sites for hydroxylation is 2. The molecule has 0 aliphatic heterocycles. The molecular weight excluding hydrogens is 274 g/mol. The van der Waals surface area contributed by atoms with Gasteiger partial charge in [0.1, 0.15) is 0 Å². The highest BCUT2D eigenvalue weighted by Gasteiger charge is 2.11. The molecule has 1 aromatic carbocycles. The number of nitrogens with one attached hydrogen (secondary N) is 1. The van der Waals surface area contributed by atoms with Crippen molar-refractivity contribution in [3.05, 3.63) is 35.5 Å². The fourth-order valence-corrected chi connectivity index (χ4v) is 3.06. The summed E-state index contributed by atoms with van der Waals surface area (Å²) in [5.74, 6) is -0.696. The number of hydrogen-bond donors (Lipinski definition) is 2. The lowest BCUT2D eigenvalue weighted by Crippen LogP contribution is -1.97. The van der Waals surface area contributed by atoms with Crippen molar-refractivity contribution in [2.45, 2.75) is 64.7 Å². The van der Waals surface area contributed by atoms with Gasteiger partial charge in [-0.1, -0.05) is 44.4 Å². The van der Waals surface area contributed by atoms with Gasteiger partial charge >= 0.3 is 5.97 Å². The number of aliphatic carboxylic acids is 1. The van der Waals surface area contributed by atoms with E-state index >= 15 is 0 Å². The summed E-state index contributed by atoms with van der Waals surface area (Å²) in [6.07, 6.45) is 9.10. The van der Waals surface area contributed by atoms with E-state index in [0.717, 1.165) is 25.7 Å². The molecule has 0 amide bonds. The average molecular weight is 301 g/mol. The largest absolute Gasteiger partial charge is 0.481 e. The summed E-state index contributed by atoms with van der Waals surface area (Å²) in [5.41, 5.74) is 3.96. The minimum atomic E-state index is -0.696. The maximum atomic E-state index is 10.6. The predicted molar refractivity (Wildman–Crippen MR) is 91.3 cm³/mol. The van der Waals surface area contributed by atoms with Crippen molar-refractivity contribution in [1.29, 1.82) is 0 Å². The van der Waals surface area contributed by atoms with E-state index in [1.807, 2.05) is 0 Å². The number of aromatic nitrogens is 1. The van der Waals surface area contributed by atoms with Crippen LogP contribution in [0.25, 0.3) is 10.9 Å². The van der Waals surface area contributed by atoms with Gasteiger partial charge in [-0.25, -0.2) is 0 Å². The first-order valence-corrected chi connectivity index (χ1v) is 8.52. The molecule has 0 aliphatic carbocycles. The van der Waals surface area contributed by atoms with Gasteiger partial charge in [0.25, 0.3) is 0 Å². The van der Waals surface area contributed by atoms with E-state index < -0.39 is 5.97 Å². The van der Waals surface area contributed by atoms with Crippen LogP contribution in [-0.4, -0.2) is 16.1 Å². The molecule has 0 spiro atoms. The highest BCUT2D eigenvalue weighted by atomic mass is 16.4. The van der Waals surface area contributed by atoms with E-state index in [0.29, 0.717) is 0 Å². The summed E-state index contributed by atoms with van der Waals surface area (Å²) in [6, 6.07) is 8.45. The quantitative estimate of drug-likeness (QED) is 0.601. The zero-order chi connectivity index (χ0) is 15.8. The molecule has 0 saturated carbocycles. The number of fused-ring (bicyclic) bond motifs is 1. The fraction of sp³-hybridized carbons (Fsp3) is 0.526. The van der Waals surface area contributed by atoms with Crippen molar-refractivity contribution >= 4 is 16.9 Å². The van der Waals surface area contributed by atoms with Gasteiger partial charge in [0, 0.05) is 23.0 Å². The summed E-state index contributed by atoms with van der Waals surface area (Å²) in [6.45, 7) is 2.23. The van der Waals surface area contributed by atoms with Crippen molar-refractivity contribution < 1.29 is 9.90 Å². The second-order valence-corrected chi connectivity index (χ2v) is 6.04. The lowest BCUT2D eigenvalue weighted by Gasteiger charge is -2.05. The third kappa shape index (κ3) is 4.62. The number of para-hydroxylation sites is 1. The molecule has 3 heteroatoms. The molecule has 120 valence electrons. The van der Waals surface area contributed by atoms with Gasteiger partial charge in [-0.3, -0.25) is 4.79 Å². The van der Waals surface area contributed by atoms with Gasteiger partial charge in [0.05, 0.1) is 0 Å². The minimum absolute atomic E-state index is 0.272. The highest BCUT2D eigenvalue weighted by molar-refractivity contribution is 5.84. The van der Waals surface area contributed by atoms with Crippen LogP contribution in [0, 0.1) is 0 Å². The Balaban J connectivity index is 2.04. The van der Waals surface area contributed by atoms with Gasteiger partial charge in [-0.2, -0.15) is 0 Å². The smallest absolute Gasteiger partial charge is 0.303 e. The third-order valence-corrected chi connectivity index (χ3v) is 4.25. The fourth-order valence-electron chi connectivity index (χ4n) is 3.06. The van der Waals surface area contributed by atoms with Crippen LogP contribution in [-0.2, 0) is 17.6 Å². The predicted octanol–water partition coefficient (Wildman–Crippen LogP) is 5.09. The van der Waals surface area contributed by atoms with Gasteiger partial charge < -0.3 is 10.1 Å². The normalized spacial score (nSPS) is 11.1. The van der Waals surface area contributed by atoms with Crippen LogP contribution >= 0.6 is 0 Å². The first kappa shape index (κ1) is 16.6. The Morgan fingerprint density at radius 2 is 1.82 bits per heavy atom. The molecule has 22 heavy (non-hydrogen) atoms. The molecule has 0 saturated heterocycles. The van der Waals surface area contributed by atoms with Crippen LogP contribution in [0.1, 0.15) is 63.1 Å². The number of benzene rings is 1. The Morgan fingerprint density at radius 1 is 1.05 bits per heavy atom. The Kier molecular flexibility index (Phi) is 6.50. The van der Waals surface area contributed by atoms with Gasteiger partial charge in [0.15, 0.2) is 0 Å². The molecule has 2 rings (SSSR count). The lowest BCUT2D eigenvalue weighted by atomic mass is 10.0. The molecule has 2 N–H and O–H groups in total. The molecule has 1 heterocycles. The minimum Gasteiger partial charge on any atom is -0.481 e. The van der Waals surface area contributed by atoms with Crippen LogP contribution in [0.3, 0.4) is 0 Å². The molecule has 3 nitrogen and oxygen atoms in total. The van der Waals surface area contributed by atoms with Gasteiger partial charge in [-0.15, -0.1) is 0 Å². The molecule has 0 unspecified atom stereocenters. The van der Waals surface area contributed by atoms with E-state index in [4.69, 9.17) is 5.11 Å². The number of aromatic amines is 1.